The molecule has 1 heterocycles. The van der Waals surface area contributed by atoms with Crippen molar-refractivity contribution in [3.05, 3.63) is 48.0 Å². The van der Waals surface area contributed by atoms with Crippen LogP contribution in [0.25, 0.3) is 0 Å². The summed E-state index contributed by atoms with van der Waals surface area (Å²) < 4.78 is 6.99. The highest BCUT2D eigenvalue weighted by atomic mass is 16.5. The van der Waals surface area contributed by atoms with Crippen molar-refractivity contribution in [1.29, 1.82) is 0 Å². The first kappa shape index (κ1) is 12.7. The molecule has 96 valence electrons. The second-order valence-corrected chi connectivity index (χ2v) is 4.17. The number of rotatable bonds is 6. The van der Waals surface area contributed by atoms with Gasteiger partial charge in [0.1, 0.15) is 12.2 Å². The molecule has 2 rings (SSSR count). The van der Waals surface area contributed by atoms with Crippen LogP contribution in [-0.4, -0.2) is 28.5 Å². The minimum Gasteiger partial charge on any atom is -0.383 e. The highest BCUT2D eigenvalue weighted by Crippen LogP contribution is 2.13. The predicted molar refractivity (Wildman–Crippen MR) is 69.0 cm³/mol. The third-order valence-corrected chi connectivity index (χ3v) is 2.81. The van der Waals surface area contributed by atoms with Crippen LogP contribution in [0.1, 0.15) is 17.4 Å². The van der Waals surface area contributed by atoms with Gasteiger partial charge in [0.15, 0.2) is 0 Å². The van der Waals surface area contributed by atoms with E-state index in [0.717, 1.165) is 18.8 Å². The molecule has 0 aliphatic rings. The van der Waals surface area contributed by atoms with Gasteiger partial charge in [0.05, 0.1) is 12.6 Å². The Labute approximate surface area is 107 Å². The predicted octanol–water partition coefficient (Wildman–Crippen LogP) is 1.17. The SMILES string of the molecule is COCCn1cnnc1C(N)Cc1ccccc1. The zero-order valence-electron chi connectivity index (χ0n) is 10.5. The van der Waals surface area contributed by atoms with Crippen molar-refractivity contribution < 1.29 is 4.74 Å². The van der Waals surface area contributed by atoms with Crippen LogP contribution in [0, 0.1) is 0 Å². The molecule has 18 heavy (non-hydrogen) atoms. The number of hydrogen-bond acceptors (Lipinski definition) is 4. The molecule has 0 aliphatic heterocycles. The summed E-state index contributed by atoms with van der Waals surface area (Å²) in [5.41, 5.74) is 7.38. The zero-order valence-corrected chi connectivity index (χ0v) is 10.5. The van der Waals surface area contributed by atoms with Gasteiger partial charge in [-0.1, -0.05) is 30.3 Å². The molecule has 0 radical (unpaired) electrons. The Morgan fingerprint density at radius 3 is 2.83 bits per heavy atom. The Balaban J connectivity index is 2.04. The summed E-state index contributed by atoms with van der Waals surface area (Å²) in [5, 5.41) is 8.01. The second-order valence-electron chi connectivity index (χ2n) is 4.17. The molecular weight excluding hydrogens is 228 g/mol. The van der Waals surface area contributed by atoms with Gasteiger partial charge in [-0.05, 0) is 12.0 Å². The van der Waals surface area contributed by atoms with Crippen molar-refractivity contribution in [3.8, 4) is 0 Å². The third kappa shape index (κ3) is 3.15. The van der Waals surface area contributed by atoms with Crippen LogP contribution >= 0.6 is 0 Å². The molecule has 0 bridgehead atoms. The van der Waals surface area contributed by atoms with Gasteiger partial charge in [-0.3, -0.25) is 0 Å². The normalized spacial score (nSPS) is 12.6. The van der Waals surface area contributed by atoms with E-state index in [1.165, 1.54) is 5.56 Å². The van der Waals surface area contributed by atoms with Crippen molar-refractivity contribution in [2.45, 2.75) is 19.0 Å². The highest BCUT2D eigenvalue weighted by Gasteiger charge is 2.13. The summed E-state index contributed by atoms with van der Waals surface area (Å²) in [7, 11) is 1.67. The molecule has 1 aromatic heterocycles. The van der Waals surface area contributed by atoms with E-state index in [1.54, 1.807) is 13.4 Å². The minimum absolute atomic E-state index is 0.147. The Morgan fingerprint density at radius 1 is 1.33 bits per heavy atom. The van der Waals surface area contributed by atoms with Crippen LogP contribution in [0.2, 0.25) is 0 Å². The van der Waals surface area contributed by atoms with Crippen molar-refractivity contribution in [2.24, 2.45) is 5.73 Å². The van der Waals surface area contributed by atoms with Gasteiger partial charge in [0, 0.05) is 13.7 Å². The smallest absolute Gasteiger partial charge is 0.150 e. The number of nitrogens with zero attached hydrogens (tertiary/aromatic N) is 3. The van der Waals surface area contributed by atoms with E-state index in [2.05, 4.69) is 22.3 Å². The van der Waals surface area contributed by atoms with Crippen molar-refractivity contribution >= 4 is 0 Å². The van der Waals surface area contributed by atoms with Crippen LogP contribution < -0.4 is 5.73 Å². The molecule has 0 spiro atoms. The molecule has 2 aromatic rings. The molecule has 0 saturated carbocycles. The molecule has 0 fully saturated rings. The van der Waals surface area contributed by atoms with E-state index in [0.29, 0.717) is 6.61 Å². The van der Waals surface area contributed by atoms with Crippen LogP contribution in [-0.2, 0) is 17.7 Å². The van der Waals surface area contributed by atoms with Crippen LogP contribution in [0.15, 0.2) is 36.7 Å². The summed E-state index contributed by atoms with van der Waals surface area (Å²) in [5.74, 6) is 0.802. The Bertz CT molecular complexity index is 469. The summed E-state index contributed by atoms with van der Waals surface area (Å²) in [6.45, 7) is 1.35. The molecular formula is C13H18N4O. The third-order valence-electron chi connectivity index (χ3n) is 2.81. The van der Waals surface area contributed by atoms with Crippen LogP contribution in [0.5, 0.6) is 0 Å². The summed E-state index contributed by atoms with van der Waals surface area (Å²) in [6.07, 6.45) is 2.45. The van der Waals surface area contributed by atoms with Gasteiger partial charge in [-0.15, -0.1) is 10.2 Å². The van der Waals surface area contributed by atoms with Crippen LogP contribution in [0.3, 0.4) is 0 Å². The van der Waals surface area contributed by atoms with Crippen molar-refractivity contribution in [2.75, 3.05) is 13.7 Å². The number of benzene rings is 1. The van der Waals surface area contributed by atoms with E-state index in [4.69, 9.17) is 10.5 Å². The minimum atomic E-state index is -0.147. The lowest BCUT2D eigenvalue weighted by Crippen LogP contribution is -2.20. The standard InChI is InChI=1S/C13H18N4O/c1-18-8-7-17-10-15-16-13(17)12(14)9-11-5-3-2-4-6-11/h2-6,10,12H,7-9,14H2,1H3. The lowest BCUT2D eigenvalue weighted by Gasteiger charge is -2.12. The first-order chi connectivity index (χ1) is 8.81. The lowest BCUT2D eigenvalue weighted by molar-refractivity contribution is 0.185. The fourth-order valence-electron chi connectivity index (χ4n) is 1.87. The quantitative estimate of drug-likeness (QED) is 0.830. The maximum absolute atomic E-state index is 6.18. The monoisotopic (exact) mass is 246 g/mol. The van der Waals surface area contributed by atoms with E-state index in [-0.39, 0.29) is 6.04 Å². The molecule has 1 atom stereocenters. The first-order valence-electron chi connectivity index (χ1n) is 5.97. The number of methoxy groups -OCH3 is 1. The average Bonchev–Trinajstić information content (AvgIpc) is 2.86. The molecule has 0 saturated heterocycles. The fourth-order valence-corrected chi connectivity index (χ4v) is 1.87. The topological polar surface area (TPSA) is 66.0 Å². The van der Waals surface area contributed by atoms with Crippen molar-refractivity contribution in [3.63, 3.8) is 0 Å². The zero-order chi connectivity index (χ0) is 12.8. The Kier molecular flexibility index (Phi) is 4.44. The lowest BCUT2D eigenvalue weighted by atomic mass is 10.1. The van der Waals surface area contributed by atoms with Gasteiger partial charge in [-0.25, -0.2) is 0 Å². The number of ether oxygens (including phenoxy) is 1. The van der Waals surface area contributed by atoms with E-state index in [9.17, 15) is 0 Å². The summed E-state index contributed by atoms with van der Waals surface area (Å²) in [4.78, 5) is 0. The molecule has 2 N–H and O–H groups in total. The summed E-state index contributed by atoms with van der Waals surface area (Å²) >= 11 is 0. The van der Waals surface area contributed by atoms with Gasteiger partial charge >= 0.3 is 0 Å². The molecule has 1 aromatic carbocycles. The molecule has 5 nitrogen and oxygen atoms in total. The highest BCUT2D eigenvalue weighted by molar-refractivity contribution is 5.17. The van der Waals surface area contributed by atoms with Gasteiger partial charge in [0.2, 0.25) is 0 Å². The molecule has 0 aliphatic carbocycles. The summed E-state index contributed by atoms with van der Waals surface area (Å²) in [6, 6.07) is 10.0. The maximum Gasteiger partial charge on any atom is 0.150 e. The largest absolute Gasteiger partial charge is 0.383 e. The molecule has 0 amide bonds. The van der Waals surface area contributed by atoms with Gasteiger partial charge in [-0.2, -0.15) is 0 Å². The van der Waals surface area contributed by atoms with Crippen LogP contribution in [0.4, 0.5) is 0 Å². The van der Waals surface area contributed by atoms with E-state index >= 15 is 0 Å². The second kappa shape index (κ2) is 6.28. The van der Waals surface area contributed by atoms with Gasteiger partial charge in [0.25, 0.3) is 0 Å². The first-order valence-corrected chi connectivity index (χ1v) is 5.97. The number of aromatic nitrogens is 3. The molecule has 1 unspecified atom stereocenters. The Hall–Kier alpha value is -1.72. The van der Waals surface area contributed by atoms with E-state index < -0.39 is 0 Å². The fraction of sp³-hybridized carbons (Fsp3) is 0.385. The number of hydrogen-bond donors (Lipinski definition) is 1. The van der Waals surface area contributed by atoms with E-state index in [1.807, 2.05) is 22.8 Å². The Morgan fingerprint density at radius 2 is 2.11 bits per heavy atom. The van der Waals surface area contributed by atoms with Crippen molar-refractivity contribution in [1.82, 2.24) is 14.8 Å². The van der Waals surface area contributed by atoms with Gasteiger partial charge < -0.3 is 15.0 Å². The average molecular weight is 246 g/mol. The maximum atomic E-state index is 6.18. The number of nitrogens with two attached hydrogens (primary N) is 1. The molecule has 5 heteroatoms.